The van der Waals surface area contributed by atoms with Gasteiger partial charge in [0.1, 0.15) is 0 Å². The summed E-state index contributed by atoms with van der Waals surface area (Å²) in [5, 5.41) is 15.4. The molecule has 0 bridgehead atoms. The highest BCUT2D eigenvalue weighted by Crippen LogP contribution is 2.23. The van der Waals surface area contributed by atoms with E-state index in [0.29, 0.717) is 18.5 Å². The Hall–Kier alpha value is -0.610. The third kappa shape index (κ3) is 5.50. The number of nitrogens with one attached hydrogen (secondary N) is 2. The monoisotopic (exact) mass is 242 g/mol. The van der Waals surface area contributed by atoms with E-state index >= 15 is 0 Å². The molecule has 0 radical (unpaired) electrons. The molecule has 2 unspecified atom stereocenters. The number of rotatable bonds is 7. The van der Waals surface area contributed by atoms with Crippen LogP contribution in [0.5, 0.6) is 0 Å². The summed E-state index contributed by atoms with van der Waals surface area (Å²) in [7, 11) is 0. The zero-order chi connectivity index (χ0) is 12.5. The van der Waals surface area contributed by atoms with Crippen molar-refractivity contribution < 1.29 is 9.90 Å². The molecule has 2 atom stereocenters. The molecule has 0 spiro atoms. The maximum absolute atomic E-state index is 11.5. The van der Waals surface area contributed by atoms with Crippen molar-refractivity contribution in [2.75, 3.05) is 19.7 Å². The van der Waals surface area contributed by atoms with Crippen LogP contribution in [0.3, 0.4) is 0 Å². The summed E-state index contributed by atoms with van der Waals surface area (Å²) in [6.07, 6.45) is 6.69. The second-order valence-corrected chi connectivity index (χ2v) is 4.92. The Morgan fingerprint density at radius 2 is 2.12 bits per heavy atom. The van der Waals surface area contributed by atoms with Crippen LogP contribution < -0.4 is 10.6 Å². The van der Waals surface area contributed by atoms with Gasteiger partial charge in [-0.2, -0.15) is 0 Å². The van der Waals surface area contributed by atoms with E-state index in [1.54, 1.807) is 0 Å². The number of hydrogen-bond donors (Lipinski definition) is 3. The molecule has 1 amide bonds. The molecule has 1 rings (SSSR count). The van der Waals surface area contributed by atoms with Gasteiger partial charge in [-0.3, -0.25) is 4.79 Å². The third-order valence-corrected chi connectivity index (χ3v) is 3.52. The largest absolute Gasteiger partial charge is 0.396 e. The molecular weight excluding hydrogens is 216 g/mol. The summed E-state index contributed by atoms with van der Waals surface area (Å²) in [5.74, 6) is 0.396. The summed E-state index contributed by atoms with van der Waals surface area (Å²) in [6, 6.07) is 0.311. The molecule has 1 aliphatic carbocycles. The van der Waals surface area contributed by atoms with Gasteiger partial charge in [0.05, 0.1) is 6.54 Å². The lowest BCUT2D eigenvalue weighted by Crippen LogP contribution is -2.45. The average Bonchev–Trinajstić information content (AvgIpc) is 2.37. The van der Waals surface area contributed by atoms with Crippen LogP contribution in [0.25, 0.3) is 0 Å². The van der Waals surface area contributed by atoms with Gasteiger partial charge in [-0.25, -0.2) is 0 Å². The lowest BCUT2D eigenvalue weighted by molar-refractivity contribution is -0.120. The Morgan fingerprint density at radius 1 is 1.35 bits per heavy atom. The van der Waals surface area contributed by atoms with Crippen molar-refractivity contribution in [3.8, 4) is 0 Å². The minimum Gasteiger partial charge on any atom is -0.396 e. The number of carbonyl (C=O) groups is 1. The molecule has 0 aromatic carbocycles. The van der Waals surface area contributed by atoms with Crippen molar-refractivity contribution in [2.24, 2.45) is 5.92 Å². The highest BCUT2D eigenvalue weighted by atomic mass is 16.3. The first-order chi connectivity index (χ1) is 8.27. The number of hydrogen-bond acceptors (Lipinski definition) is 3. The molecule has 100 valence electrons. The molecule has 1 aliphatic rings. The molecule has 0 saturated heterocycles. The summed E-state index contributed by atoms with van der Waals surface area (Å²) >= 11 is 0. The van der Waals surface area contributed by atoms with Crippen LogP contribution in [0.2, 0.25) is 0 Å². The number of aliphatic hydroxyl groups is 1. The first-order valence-electron chi connectivity index (χ1n) is 6.88. The van der Waals surface area contributed by atoms with E-state index in [1.807, 2.05) is 0 Å². The van der Waals surface area contributed by atoms with E-state index in [9.17, 15) is 9.90 Å². The lowest BCUT2D eigenvalue weighted by Gasteiger charge is -2.30. The zero-order valence-corrected chi connectivity index (χ0v) is 10.9. The topological polar surface area (TPSA) is 61.4 Å². The minimum absolute atomic E-state index is 0.0701. The van der Waals surface area contributed by atoms with Gasteiger partial charge in [0.2, 0.25) is 5.91 Å². The van der Waals surface area contributed by atoms with Gasteiger partial charge in [0, 0.05) is 19.2 Å². The van der Waals surface area contributed by atoms with Crippen LogP contribution in [0.4, 0.5) is 0 Å². The van der Waals surface area contributed by atoms with Crippen LogP contribution in [0.1, 0.15) is 45.4 Å². The van der Waals surface area contributed by atoms with Gasteiger partial charge in [-0.15, -0.1) is 0 Å². The van der Waals surface area contributed by atoms with Gasteiger partial charge >= 0.3 is 0 Å². The molecule has 4 heteroatoms. The van der Waals surface area contributed by atoms with Gasteiger partial charge in [0.25, 0.3) is 0 Å². The smallest absolute Gasteiger partial charge is 0.233 e. The number of amides is 1. The quantitative estimate of drug-likeness (QED) is 0.585. The summed E-state index contributed by atoms with van der Waals surface area (Å²) in [5.41, 5.74) is 0. The number of aliphatic hydroxyl groups excluding tert-OH is 1. The van der Waals surface area contributed by atoms with Gasteiger partial charge in [-0.1, -0.05) is 26.2 Å². The Morgan fingerprint density at radius 3 is 2.82 bits per heavy atom. The number of carbonyl (C=O) groups excluding carboxylic acids is 1. The maximum Gasteiger partial charge on any atom is 0.233 e. The molecule has 4 nitrogen and oxygen atoms in total. The van der Waals surface area contributed by atoms with Crippen LogP contribution in [0, 0.1) is 5.92 Å². The van der Waals surface area contributed by atoms with Crippen molar-refractivity contribution in [1.82, 2.24) is 10.6 Å². The minimum atomic E-state index is 0.0701. The van der Waals surface area contributed by atoms with E-state index in [0.717, 1.165) is 32.2 Å². The predicted octanol–water partition coefficient (Wildman–Crippen LogP) is 1.04. The molecule has 0 aliphatic heterocycles. The molecule has 3 N–H and O–H groups in total. The second-order valence-electron chi connectivity index (χ2n) is 4.92. The Balaban J connectivity index is 2.17. The SMILES string of the molecule is CCCCNC(=O)CNC1CCCCC1CO. The van der Waals surface area contributed by atoms with E-state index in [4.69, 9.17) is 0 Å². The Kier molecular flexibility index (Phi) is 7.21. The summed E-state index contributed by atoms with van der Waals surface area (Å²) in [6.45, 7) is 3.49. The van der Waals surface area contributed by atoms with E-state index in [1.165, 1.54) is 12.8 Å². The highest BCUT2D eigenvalue weighted by molar-refractivity contribution is 5.77. The van der Waals surface area contributed by atoms with Gasteiger partial charge in [-0.05, 0) is 25.2 Å². The molecule has 1 saturated carbocycles. The van der Waals surface area contributed by atoms with Crippen molar-refractivity contribution >= 4 is 5.91 Å². The summed E-state index contributed by atoms with van der Waals surface area (Å²) in [4.78, 5) is 11.5. The zero-order valence-electron chi connectivity index (χ0n) is 10.9. The molecule has 0 aromatic heterocycles. The summed E-state index contributed by atoms with van der Waals surface area (Å²) < 4.78 is 0. The fourth-order valence-electron chi connectivity index (χ4n) is 2.39. The van der Waals surface area contributed by atoms with Crippen molar-refractivity contribution in [3.05, 3.63) is 0 Å². The molecule has 1 fully saturated rings. The molecule has 17 heavy (non-hydrogen) atoms. The van der Waals surface area contributed by atoms with E-state index in [2.05, 4.69) is 17.6 Å². The maximum atomic E-state index is 11.5. The number of unbranched alkanes of at least 4 members (excludes halogenated alkanes) is 1. The van der Waals surface area contributed by atoms with Crippen LogP contribution in [0.15, 0.2) is 0 Å². The molecular formula is C13H26N2O2. The fraction of sp³-hybridized carbons (Fsp3) is 0.923. The normalized spacial score (nSPS) is 24.6. The first kappa shape index (κ1) is 14.5. The highest BCUT2D eigenvalue weighted by Gasteiger charge is 2.24. The first-order valence-corrected chi connectivity index (χ1v) is 6.88. The average molecular weight is 242 g/mol. The van der Waals surface area contributed by atoms with E-state index < -0.39 is 0 Å². The van der Waals surface area contributed by atoms with Crippen molar-refractivity contribution in [1.29, 1.82) is 0 Å². The van der Waals surface area contributed by atoms with Crippen molar-refractivity contribution in [3.63, 3.8) is 0 Å². The standard InChI is InChI=1S/C13H26N2O2/c1-2-3-8-14-13(17)9-15-12-7-5-4-6-11(12)10-16/h11-12,15-16H,2-10H2,1H3,(H,14,17). The molecule has 0 aromatic rings. The van der Waals surface area contributed by atoms with E-state index in [-0.39, 0.29) is 12.5 Å². The van der Waals surface area contributed by atoms with Crippen LogP contribution >= 0.6 is 0 Å². The van der Waals surface area contributed by atoms with Gasteiger partial charge < -0.3 is 15.7 Å². The fourth-order valence-corrected chi connectivity index (χ4v) is 2.39. The van der Waals surface area contributed by atoms with Gasteiger partial charge in [0.15, 0.2) is 0 Å². The lowest BCUT2D eigenvalue weighted by atomic mass is 9.85. The Bertz CT molecular complexity index is 221. The van der Waals surface area contributed by atoms with Crippen LogP contribution in [-0.4, -0.2) is 36.8 Å². The second kappa shape index (κ2) is 8.48. The van der Waals surface area contributed by atoms with Crippen molar-refractivity contribution in [2.45, 2.75) is 51.5 Å². The Labute approximate surface area is 104 Å². The third-order valence-electron chi connectivity index (χ3n) is 3.52. The van der Waals surface area contributed by atoms with Crippen LogP contribution in [-0.2, 0) is 4.79 Å². The predicted molar refractivity (Wildman–Crippen MR) is 68.8 cm³/mol. The molecule has 0 heterocycles.